The van der Waals surface area contributed by atoms with Crippen molar-refractivity contribution in [3.05, 3.63) is 34.4 Å². The number of non-ortho nitro benzene ring substituents is 1. The number of rotatable bonds is 5. The lowest BCUT2D eigenvalue weighted by molar-refractivity contribution is -0.384. The highest BCUT2D eigenvalue weighted by molar-refractivity contribution is 6.23. The summed E-state index contributed by atoms with van der Waals surface area (Å²) in [5, 5.41) is 19.6. The molecule has 2 aliphatic rings. The Morgan fingerprint density at radius 3 is 2.68 bits per heavy atom. The second kappa shape index (κ2) is 7.52. The zero-order chi connectivity index (χ0) is 17.8. The van der Waals surface area contributed by atoms with Crippen LogP contribution in [0.2, 0.25) is 0 Å². The van der Waals surface area contributed by atoms with Gasteiger partial charge in [-0.3, -0.25) is 19.9 Å². The molecule has 0 bridgehead atoms. The summed E-state index contributed by atoms with van der Waals surface area (Å²) in [4.78, 5) is 27.3. The van der Waals surface area contributed by atoms with Crippen LogP contribution in [0.1, 0.15) is 19.8 Å². The van der Waals surface area contributed by atoms with Crippen molar-refractivity contribution in [3.63, 3.8) is 0 Å². The molecule has 1 aromatic rings. The summed E-state index contributed by atoms with van der Waals surface area (Å²) in [6.45, 7) is 4.58. The van der Waals surface area contributed by atoms with E-state index in [1.807, 2.05) is 0 Å². The van der Waals surface area contributed by atoms with E-state index in [-0.39, 0.29) is 11.6 Å². The van der Waals surface area contributed by atoms with Crippen LogP contribution in [-0.4, -0.2) is 42.4 Å². The Morgan fingerprint density at radius 1 is 1.36 bits per heavy atom. The van der Waals surface area contributed by atoms with Gasteiger partial charge in [0.25, 0.3) is 11.6 Å². The third-order valence-electron chi connectivity index (χ3n) is 4.56. The first-order valence-corrected chi connectivity index (χ1v) is 8.40. The van der Waals surface area contributed by atoms with Gasteiger partial charge in [-0.2, -0.15) is 10.1 Å². The number of hydrogen-bond acceptors (Lipinski definition) is 6. The van der Waals surface area contributed by atoms with Crippen molar-refractivity contribution in [2.24, 2.45) is 21.9 Å². The first-order chi connectivity index (χ1) is 12.1. The number of carbonyl (C=O) groups is 1. The molecule has 2 aliphatic heterocycles. The highest BCUT2D eigenvalue weighted by Crippen LogP contribution is 2.25. The van der Waals surface area contributed by atoms with Gasteiger partial charge in [0.2, 0.25) is 0 Å². The van der Waals surface area contributed by atoms with Gasteiger partial charge in [0.1, 0.15) is 5.92 Å². The molecule has 0 radical (unpaired) electrons. The van der Waals surface area contributed by atoms with Gasteiger partial charge in [-0.1, -0.05) is 0 Å². The Labute approximate surface area is 145 Å². The number of anilines is 1. The summed E-state index contributed by atoms with van der Waals surface area (Å²) >= 11 is 0. The first kappa shape index (κ1) is 17.2. The van der Waals surface area contributed by atoms with Crippen molar-refractivity contribution in [2.75, 3.05) is 24.6 Å². The van der Waals surface area contributed by atoms with E-state index >= 15 is 0 Å². The molecule has 1 saturated heterocycles. The monoisotopic (exact) mass is 343 g/mol. The van der Waals surface area contributed by atoms with E-state index in [0.29, 0.717) is 17.3 Å². The molecule has 0 spiro atoms. The normalized spacial score (nSPS) is 21.8. The molecule has 8 heteroatoms. The SMILES string of the molecule is CC1=NN(c2ccc([N+](=O)[O-])cc2)C(=O)[C@@H]1C=NCC1CCNCC1. The van der Waals surface area contributed by atoms with E-state index < -0.39 is 10.8 Å². The van der Waals surface area contributed by atoms with Crippen molar-refractivity contribution >= 4 is 29.2 Å². The number of nitrogens with zero attached hydrogens (tertiary/aromatic N) is 4. The number of nitro benzene ring substituents is 1. The minimum absolute atomic E-state index is 0.0174. The van der Waals surface area contributed by atoms with E-state index in [1.165, 1.54) is 29.3 Å². The van der Waals surface area contributed by atoms with Gasteiger partial charge in [0.15, 0.2) is 0 Å². The van der Waals surface area contributed by atoms with E-state index in [0.717, 1.165) is 32.5 Å². The third kappa shape index (κ3) is 3.90. The second-order valence-electron chi connectivity index (χ2n) is 6.35. The van der Waals surface area contributed by atoms with Crippen LogP contribution in [0.25, 0.3) is 0 Å². The predicted octanol–water partition coefficient (Wildman–Crippen LogP) is 2.00. The molecular weight excluding hydrogens is 322 g/mol. The van der Waals surface area contributed by atoms with Crippen molar-refractivity contribution < 1.29 is 9.72 Å². The predicted molar refractivity (Wildman–Crippen MR) is 96.1 cm³/mol. The number of aliphatic imine (C=N–C) groups is 1. The summed E-state index contributed by atoms with van der Waals surface area (Å²) in [6.07, 6.45) is 3.91. The molecular formula is C17H21N5O3. The second-order valence-corrected chi connectivity index (χ2v) is 6.35. The average Bonchev–Trinajstić information content (AvgIpc) is 2.91. The summed E-state index contributed by atoms with van der Waals surface area (Å²) in [5.74, 6) is -0.0747. The van der Waals surface area contributed by atoms with Crippen molar-refractivity contribution in [2.45, 2.75) is 19.8 Å². The van der Waals surface area contributed by atoms with Gasteiger partial charge in [-0.25, -0.2) is 0 Å². The van der Waals surface area contributed by atoms with Gasteiger partial charge >= 0.3 is 0 Å². The maximum atomic E-state index is 12.6. The van der Waals surface area contributed by atoms with Crippen LogP contribution in [0.15, 0.2) is 34.4 Å². The molecule has 1 fully saturated rings. The van der Waals surface area contributed by atoms with Gasteiger partial charge < -0.3 is 5.32 Å². The van der Waals surface area contributed by atoms with Crippen molar-refractivity contribution in [3.8, 4) is 0 Å². The van der Waals surface area contributed by atoms with Gasteiger partial charge in [-0.15, -0.1) is 0 Å². The van der Waals surface area contributed by atoms with E-state index in [9.17, 15) is 14.9 Å². The van der Waals surface area contributed by atoms with E-state index in [1.54, 1.807) is 13.1 Å². The molecule has 1 N–H and O–H groups in total. The van der Waals surface area contributed by atoms with Crippen LogP contribution < -0.4 is 10.3 Å². The fourth-order valence-corrected chi connectivity index (χ4v) is 3.03. The fourth-order valence-electron chi connectivity index (χ4n) is 3.03. The molecule has 1 atom stereocenters. The smallest absolute Gasteiger partial charge is 0.269 e. The average molecular weight is 343 g/mol. The van der Waals surface area contributed by atoms with Crippen LogP contribution >= 0.6 is 0 Å². The molecule has 0 saturated carbocycles. The Kier molecular flexibility index (Phi) is 5.18. The van der Waals surface area contributed by atoms with Crippen molar-refractivity contribution in [1.29, 1.82) is 0 Å². The van der Waals surface area contributed by atoms with Crippen LogP contribution in [0.5, 0.6) is 0 Å². The Balaban J connectivity index is 1.65. The maximum Gasteiger partial charge on any atom is 0.269 e. The molecule has 132 valence electrons. The number of piperidine rings is 1. The lowest BCUT2D eigenvalue weighted by atomic mass is 9.98. The summed E-state index contributed by atoms with van der Waals surface area (Å²) < 4.78 is 0. The number of amides is 1. The summed E-state index contributed by atoms with van der Waals surface area (Å²) in [5.41, 5.74) is 1.18. The Bertz CT molecular complexity index is 707. The minimum atomic E-state index is -0.472. The summed E-state index contributed by atoms with van der Waals surface area (Å²) in [6, 6.07) is 5.79. The lowest BCUT2D eigenvalue weighted by Crippen LogP contribution is -2.30. The topological polar surface area (TPSA) is 100 Å². The molecule has 0 unspecified atom stereocenters. The van der Waals surface area contributed by atoms with E-state index in [2.05, 4.69) is 15.4 Å². The largest absolute Gasteiger partial charge is 0.317 e. The minimum Gasteiger partial charge on any atom is -0.317 e. The number of hydrogen-bond donors (Lipinski definition) is 1. The molecule has 0 aromatic heterocycles. The number of carbonyl (C=O) groups excluding carboxylic acids is 1. The molecule has 8 nitrogen and oxygen atoms in total. The van der Waals surface area contributed by atoms with Gasteiger partial charge in [0.05, 0.1) is 16.3 Å². The van der Waals surface area contributed by atoms with Crippen LogP contribution in [0.3, 0.4) is 0 Å². The number of hydrazone groups is 1. The quantitative estimate of drug-likeness (QED) is 0.502. The van der Waals surface area contributed by atoms with Crippen LogP contribution in [0, 0.1) is 22.0 Å². The standard InChI is InChI=1S/C17H21N5O3/c1-12-16(11-19-10-13-6-8-18-9-7-13)17(23)21(20-12)14-2-4-15(5-3-14)22(24)25/h2-5,11,13,16,18H,6-10H2,1H3/t16-/m1/s1. The zero-order valence-corrected chi connectivity index (χ0v) is 14.1. The van der Waals surface area contributed by atoms with Gasteiger partial charge in [-0.05, 0) is 50.9 Å². The third-order valence-corrected chi connectivity index (χ3v) is 4.56. The number of nitrogens with one attached hydrogen (secondary N) is 1. The summed E-state index contributed by atoms with van der Waals surface area (Å²) in [7, 11) is 0. The lowest BCUT2D eigenvalue weighted by Gasteiger charge is -2.20. The first-order valence-electron chi connectivity index (χ1n) is 8.40. The van der Waals surface area contributed by atoms with Crippen LogP contribution in [0.4, 0.5) is 11.4 Å². The zero-order valence-electron chi connectivity index (χ0n) is 14.1. The van der Waals surface area contributed by atoms with Crippen LogP contribution in [-0.2, 0) is 4.79 Å². The highest BCUT2D eigenvalue weighted by Gasteiger charge is 2.33. The Morgan fingerprint density at radius 2 is 2.04 bits per heavy atom. The number of benzene rings is 1. The van der Waals surface area contributed by atoms with Crippen molar-refractivity contribution in [1.82, 2.24) is 5.32 Å². The Hall–Kier alpha value is -2.61. The molecule has 1 amide bonds. The molecule has 2 heterocycles. The number of nitro groups is 1. The fraction of sp³-hybridized carbons (Fsp3) is 0.471. The molecule has 3 rings (SSSR count). The van der Waals surface area contributed by atoms with E-state index in [4.69, 9.17) is 0 Å². The molecule has 0 aliphatic carbocycles. The molecule has 1 aromatic carbocycles. The maximum absolute atomic E-state index is 12.6. The van der Waals surface area contributed by atoms with Gasteiger partial charge in [0, 0.05) is 24.9 Å². The molecule has 25 heavy (non-hydrogen) atoms. The highest BCUT2D eigenvalue weighted by atomic mass is 16.6.